The molecule has 1 saturated carbocycles. The number of imidazole rings is 2. The SMILES string of the molecule is O=C(Nc1cn2nc(Sc3nnc4ccc(-c5c[nH]c(=O)[nH]5)cn34)ccc2n1)C1CC1. The van der Waals surface area contributed by atoms with E-state index in [9.17, 15) is 9.59 Å². The van der Waals surface area contributed by atoms with Crippen LogP contribution in [0, 0.1) is 5.92 Å². The van der Waals surface area contributed by atoms with Gasteiger partial charge in [0.05, 0.1) is 11.9 Å². The second-order valence-electron chi connectivity index (χ2n) is 7.25. The molecule has 154 valence electrons. The highest BCUT2D eigenvalue weighted by Crippen LogP contribution is 2.30. The summed E-state index contributed by atoms with van der Waals surface area (Å²) < 4.78 is 3.47. The Morgan fingerprint density at radius 1 is 1.13 bits per heavy atom. The summed E-state index contributed by atoms with van der Waals surface area (Å²) in [6, 6.07) is 7.37. The van der Waals surface area contributed by atoms with E-state index < -0.39 is 0 Å². The number of amides is 1. The number of aromatic nitrogens is 8. The Labute approximate surface area is 177 Å². The molecule has 11 nitrogen and oxygen atoms in total. The number of nitrogens with one attached hydrogen (secondary N) is 3. The molecule has 31 heavy (non-hydrogen) atoms. The van der Waals surface area contributed by atoms with Gasteiger partial charge in [0.2, 0.25) is 11.1 Å². The average Bonchev–Trinajstić information content (AvgIpc) is 3.23. The van der Waals surface area contributed by atoms with Crippen LogP contribution in [0.25, 0.3) is 22.6 Å². The van der Waals surface area contributed by atoms with Crippen LogP contribution in [0.4, 0.5) is 5.82 Å². The summed E-state index contributed by atoms with van der Waals surface area (Å²) >= 11 is 1.35. The van der Waals surface area contributed by atoms with Crippen molar-refractivity contribution in [1.29, 1.82) is 0 Å². The van der Waals surface area contributed by atoms with E-state index in [-0.39, 0.29) is 17.5 Å². The first-order valence-electron chi connectivity index (χ1n) is 9.60. The minimum Gasteiger partial charge on any atom is -0.312 e. The van der Waals surface area contributed by atoms with Crippen molar-refractivity contribution in [2.24, 2.45) is 5.92 Å². The smallest absolute Gasteiger partial charge is 0.312 e. The van der Waals surface area contributed by atoms with Crippen LogP contribution in [0.5, 0.6) is 0 Å². The van der Waals surface area contributed by atoms with Crippen molar-refractivity contribution in [3.8, 4) is 11.3 Å². The molecule has 0 radical (unpaired) electrons. The molecule has 1 fully saturated rings. The summed E-state index contributed by atoms with van der Waals surface area (Å²) in [6.45, 7) is 0. The molecule has 1 aliphatic rings. The summed E-state index contributed by atoms with van der Waals surface area (Å²) in [5.74, 6) is 0.608. The molecule has 0 atom stereocenters. The zero-order valence-electron chi connectivity index (χ0n) is 15.9. The first kappa shape index (κ1) is 17.9. The molecule has 0 saturated heterocycles. The van der Waals surface area contributed by atoms with E-state index in [0.717, 1.165) is 18.4 Å². The van der Waals surface area contributed by atoms with Gasteiger partial charge >= 0.3 is 5.69 Å². The maximum atomic E-state index is 12.0. The monoisotopic (exact) mass is 433 g/mol. The summed E-state index contributed by atoms with van der Waals surface area (Å²) in [4.78, 5) is 33.1. The van der Waals surface area contributed by atoms with Crippen LogP contribution >= 0.6 is 11.8 Å². The molecule has 12 heteroatoms. The molecular weight excluding hydrogens is 418 g/mol. The Morgan fingerprint density at radius 3 is 2.81 bits per heavy atom. The number of H-pyrrole nitrogens is 2. The fraction of sp³-hybridized carbons (Fsp3) is 0.158. The average molecular weight is 433 g/mol. The van der Waals surface area contributed by atoms with Crippen molar-refractivity contribution in [2.45, 2.75) is 23.0 Å². The summed E-state index contributed by atoms with van der Waals surface area (Å²) in [7, 11) is 0. The lowest BCUT2D eigenvalue weighted by Crippen LogP contribution is -2.13. The highest BCUT2D eigenvalue weighted by molar-refractivity contribution is 7.99. The molecule has 6 rings (SSSR count). The number of hydrogen-bond acceptors (Lipinski definition) is 7. The van der Waals surface area contributed by atoms with Gasteiger partial charge < -0.3 is 15.3 Å². The quantitative estimate of drug-likeness (QED) is 0.385. The normalized spacial score (nSPS) is 13.8. The van der Waals surface area contributed by atoms with Gasteiger partial charge in [-0.3, -0.25) is 9.20 Å². The number of hydrogen-bond donors (Lipinski definition) is 3. The largest absolute Gasteiger partial charge is 0.323 e. The molecule has 5 aromatic rings. The van der Waals surface area contributed by atoms with Crippen molar-refractivity contribution in [2.75, 3.05) is 5.32 Å². The zero-order valence-corrected chi connectivity index (χ0v) is 16.8. The Balaban J connectivity index is 1.30. The van der Waals surface area contributed by atoms with Gasteiger partial charge in [-0.15, -0.1) is 10.2 Å². The van der Waals surface area contributed by atoms with E-state index in [0.29, 0.717) is 33.0 Å². The highest BCUT2D eigenvalue weighted by atomic mass is 32.2. The number of carbonyl (C=O) groups is 1. The number of anilines is 1. The second kappa shape index (κ2) is 6.80. The number of carbonyl (C=O) groups excluding carboxylic acids is 1. The fourth-order valence-corrected chi connectivity index (χ4v) is 4.01. The van der Waals surface area contributed by atoms with Crippen LogP contribution in [-0.2, 0) is 4.79 Å². The molecule has 3 N–H and O–H groups in total. The molecule has 0 unspecified atom stereocenters. The van der Waals surface area contributed by atoms with Crippen LogP contribution in [0.15, 0.2) is 57.8 Å². The van der Waals surface area contributed by atoms with E-state index in [2.05, 4.69) is 35.6 Å². The third kappa shape index (κ3) is 3.36. The van der Waals surface area contributed by atoms with Crippen LogP contribution in [0.3, 0.4) is 0 Å². The van der Waals surface area contributed by atoms with E-state index in [4.69, 9.17) is 0 Å². The molecule has 0 aromatic carbocycles. The van der Waals surface area contributed by atoms with Gasteiger partial charge in [-0.1, -0.05) is 0 Å². The van der Waals surface area contributed by atoms with Crippen LogP contribution in [0.1, 0.15) is 12.8 Å². The maximum absolute atomic E-state index is 12.0. The molecule has 1 amide bonds. The zero-order chi connectivity index (χ0) is 20.9. The number of nitrogens with zero attached hydrogens (tertiary/aromatic N) is 6. The summed E-state index contributed by atoms with van der Waals surface area (Å²) in [6.07, 6.45) is 7.05. The lowest BCUT2D eigenvalue weighted by Gasteiger charge is -2.02. The van der Waals surface area contributed by atoms with Crippen molar-refractivity contribution in [3.05, 3.63) is 53.3 Å². The van der Waals surface area contributed by atoms with Gasteiger partial charge in [-0.05, 0) is 48.9 Å². The van der Waals surface area contributed by atoms with Gasteiger partial charge in [0, 0.05) is 23.9 Å². The maximum Gasteiger partial charge on any atom is 0.323 e. The Hall–Kier alpha value is -3.93. The van der Waals surface area contributed by atoms with Crippen molar-refractivity contribution < 1.29 is 4.79 Å². The molecule has 5 heterocycles. The van der Waals surface area contributed by atoms with E-state index in [1.807, 2.05) is 34.9 Å². The summed E-state index contributed by atoms with van der Waals surface area (Å²) in [5, 5.41) is 17.2. The molecule has 0 spiro atoms. The molecule has 5 aromatic heterocycles. The van der Waals surface area contributed by atoms with Crippen molar-refractivity contribution in [1.82, 2.24) is 39.2 Å². The van der Waals surface area contributed by atoms with E-state index in [1.54, 1.807) is 16.9 Å². The lowest BCUT2D eigenvalue weighted by molar-refractivity contribution is -0.117. The van der Waals surface area contributed by atoms with Crippen molar-refractivity contribution in [3.63, 3.8) is 0 Å². The molecule has 1 aliphatic carbocycles. The van der Waals surface area contributed by atoms with Crippen LogP contribution in [-0.4, -0.2) is 45.1 Å². The Kier molecular flexibility index (Phi) is 3.93. The Bertz CT molecular complexity index is 1510. The van der Waals surface area contributed by atoms with Crippen LogP contribution in [0.2, 0.25) is 0 Å². The number of rotatable bonds is 5. The Morgan fingerprint density at radius 2 is 2.00 bits per heavy atom. The first-order chi connectivity index (χ1) is 15.1. The number of pyridine rings is 1. The standard InChI is InChI=1S/C19H15N9O2S/c29-17(10-1-2-10)23-13-9-28-14(22-13)5-6-16(26-28)31-19-25-24-15-4-3-11(8-27(15)19)12-7-20-18(30)21-12/h3-10H,1-2H2,(H,23,29)(H2,20,21,30). The third-order valence-corrected chi connectivity index (χ3v) is 5.86. The van der Waals surface area contributed by atoms with Gasteiger partial charge in [0.1, 0.15) is 5.03 Å². The third-order valence-electron chi connectivity index (χ3n) is 4.97. The second-order valence-corrected chi connectivity index (χ2v) is 8.24. The summed E-state index contributed by atoms with van der Waals surface area (Å²) in [5.41, 5.74) is 2.55. The molecule has 0 bridgehead atoms. The minimum absolute atomic E-state index is 0.00695. The number of aromatic amines is 2. The van der Waals surface area contributed by atoms with Gasteiger partial charge in [-0.2, -0.15) is 5.10 Å². The van der Waals surface area contributed by atoms with Gasteiger partial charge in [-0.25, -0.2) is 14.3 Å². The highest BCUT2D eigenvalue weighted by Gasteiger charge is 2.30. The van der Waals surface area contributed by atoms with E-state index in [1.165, 1.54) is 11.8 Å². The predicted molar refractivity (Wildman–Crippen MR) is 112 cm³/mol. The minimum atomic E-state index is -0.265. The molecule has 0 aliphatic heterocycles. The van der Waals surface area contributed by atoms with Crippen LogP contribution < -0.4 is 11.0 Å². The van der Waals surface area contributed by atoms with Gasteiger partial charge in [0.15, 0.2) is 17.1 Å². The van der Waals surface area contributed by atoms with Crippen molar-refractivity contribution >= 4 is 34.8 Å². The fourth-order valence-electron chi connectivity index (χ4n) is 3.23. The lowest BCUT2D eigenvalue weighted by atomic mass is 10.2. The topological polar surface area (TPSA) is 138 Å². The predicted octanol–water partition coefficient (Wildman–Crippen LogP) is 1.96. The number of fused-ring (bicyclic) bond motifs is 2. The first-order valence-corrected chi connectivity index (χ1v) is 10.4. The van der Waals surface area contributed by atoms with Gasteiger partial charge in [0.25, 0.3) is 0 Å². The van der Waals surface area contributed by atoms with E-state index >= 15 is 0 Å². The molecular formula is C19H15N9O2S.